The van der Waals surface area contributed by atoms with Crippen LogP contribution < -0.4 is 21.7 Å². The molecule has 0 radical (unpaired) electrons. The number of nitrogens with two attached hydrogens (primary N) is 1. The van der Waals surface area contributed by atoms with E-state index in [9.17, 15) is 39.3 Å². The van der Waals surface area contributed by atoms with Crippen molar-refractivity contribution in [1.29, 1.82) is 0 Å². The average molecular weight is 570 g/mol. The van der Waals surface area contributed by atoms with E-state index in [1.807, 2.05) is 6.07 Å². The number of phenolic OH excluding ortho intramolecular Hbond substituents is 1. The molecule has 0 saturated carbocycles. The van der Waals surface area contributed by atoms with Gasteiger partial charge in [-0.2, -0.15) is 0 Å². The SMILES string of the molecule is NC(CC(=O)O)C(=O)NC(Cc1ccc(O)cc1)C(=O)NC(Cc1c[nH]c2ccccc12)C(=O)NC(CO)C(=O)O. The van der Waals surface area contributed by atoms with E-state index in [0.29, 0.717) is 11.1 Å². The summed E-state index contributed by atoms with van der Waals surface area (Å²) in [7, 11) is 0. The third-order valence-electron chi connectivity index (χ3n) is 6.27. The Morgan fingerprint density at radius 3 is 2.00 bits per heavy atom. The molecule has 14 nitrogen and oxygen atoms in total. The number of amides is 3. The lowest BCUT2D eigenvalue weighted by Crippen LogP contribution is -2.58. The fraction of sp³-hybridized carbons (Fsp3) is 0.296. The van der Waals surface area contributed by atoms with E-state index < -0.39 is 66.9 Å². The number of aromatic nitrogens is 1. The van der Waals surface area contributed by atoms with Gasteiger partial charge in [0.2, 0.25) is 17.7 Å². The number of carbonyl (C=O) groups excluding carboxylic acids is 3. The topological polar surface area (TPSA) is 244 Å². The quantitative estimate of drug-likeness (QED) is 0.114. The van der Waals surface area contributed by atoms with Crippen LogP contribution in [0.15, 0.2) is 54.7 Å². The first kappa shape index (κ1) is 30.6. The van der Waals surface area contributed by atoms with E-state index in [4.69, 9.17) is 10.8 Å². The first-order chi connectivity index (χ1) is 19.5. The van der Waals surface area contributed by atoms with Crippen LogP contribution in [0.4, 0.5) is 0 Å². The summed E-state index contributed by atoms with van der Waals surface area (Å²) in [6.07, 6.45) is 0.742. The van der Waals surface area contributed by atoms with Gasteiger partial charge in [0, 0.05) is 29.9 Å². The molecule has 4 unspecified atom stereocenters. The molecule has 3 amide bonds. The van der Waals surface area contributed by atoms with Crippen LogP contribution >= 0.6 is 0 Å². The standard InChI is InChI=1S/C27H31N5O9/c28-18(11-23(35)36)24(37)30-20(9-14-5-7-16(34)8-6-14)25(38)31-21(26(39)32-22(13-33)27(40)41)10-15-12-29-19-4-2-1-3-17(15)19/h1-8,12,18,20-22,29,33-34H,9-11,13,28H2,(H,30,37)(H,31,38)(H,32,39)(H,35,36)(H,40,41). The molecule has 0 fully saturated rings. The maximum Gasteiger partial charge on any atom is 0.328 e. The Hall–Kier alpha value is -4.95. The molecule has 2 aromatic carbocycles. The maximum atomic E-state index is 13.5. The summed E-state index contributed by atoms with van der Waals surface area (Å²) in [4.78, 5) is 64.8. The van der Waals surface area contributed by atoms with Crippen molar-refractivity contribution in [3.8, 4) is 5.75 Å². The van der Waals surface area contributed by atoms with Gasteiger partial charge in [-0.15, -0.1) is 0 Å². The molecule has 218 valence electrons. The Balaban J connectivity index is 1.90. The molecule has 1 heterocycles. The molecule has 0 aliphatic carbocycles. The number of hydrogen-bond donors (Lipinski definition) is 9. The normalized spacial score (nSPS) is 13.9. The highest BCUT2D eigenvalue weighted by molar-refractivity contribution is 5.95. The molecule has 0 spiro atoms. The van der Waals surface area contributed by atoms with E-state index >= 15 is 0 Å². The van der Waals surface area contributed by atoms with Gasteiger partial charge >= 0.3 is 11.9 Å². The lowest BCUT2D eigenvalue weighted by atomic mass is 10.0. The summed E-state index contributed by atoms with van der Waals surface area (Å²) in [5, 5.41) is 45.1. The van der Waals surface area contributed by atoms with Gasteiger partial charge in [0.05, 0.1) is 19.1 Å². The van der Waals surface area contributed by atoms with Crippen LogP contribution in [0.5, 0.6) is 5.75 Å². The number of benzene rings is 2. The van der Waals surface area contributed by atoms with Crippen LogP contribution in [0.1, 0.15) is 17.5 Å². The monoisotopic (exact) mass is 569 g/mol. The van der Waals surface area contributed by atoms with Crippen molar-refractivity contribution in [1.82, 2.24) is 20.9 Å². The molecule has 1 aromatic heterocycles. The first-order valence-corrected chi connectivity index (χ1v) is 12.5. The van der Waals surface area contributed by atoms with Crippen molar-refractivity contribution in [2.45, 2.75) is 43.4 Å². The third-order valence-corrected chi connectivity index (χ3v) is 6.27. The Kier molecular flexibility index (Phi) is 10.4. The number of aliphatic hydroxyl groups excluding tert-OH is 1. The van der Waals surface area contributed by atoms with Crippen LogP contribution in [-0.2, 0) is 36.8 Å². The molecule has 10 N–H and O–H groups in total. The van der Waals surface area contributed by atoms with Crippen molar-refractivity contribution in [2.75, 3.05) is 6.61 Å². The number of aromatic hydroxyl groups is 1. The van der Waals surface area contributed by atoms with E-state index in [0.717, 1.165) is 10.9 Å². The zero-order valence-electron chi connectivity index (χ0n) is 21.7. The molecule has 14 heteroatoms. The molecule has 0 bridgehead atoms. The number of nitrogens with one attached hydrogen (secondary N) is 4. The van der Waals surface area contributed by atoms with Gasteiger partial charge in [0.1, 0.15) is 23.9 Å². The summed E-state index contributed by atoms with van der Waals surface area (Å²) in [6, 6.07) is 7.17. The smallest absolute Gasteiger partial charge is 0.328 e. The molecule has 0 saturated heterocycles. The van der Waals surface area contributed by atoms with Crippen molar-refractivity contribution < 1.29 is 44.4 Å². The molecule has 3 aromatic rings. The molecule has 41 heavy (non-hydrogen) atoms. The van der Waals surface area contributed by atoms with Gasteiger partial charge in [-0.1, -0.05) is 30.3 Å². The van der Waals surface area contributed by atoms with Crippen molar-refractivity contribution in [3.05, 3.63) is 65.9 Å². The summed E-state index contributed by atoms with van der Waals surface area (Å²) in [5.41, 5.74) is 7.56. The van der Waals surface area contributed by atoms with Gasteiger partial charge in [-0.05, 0) is 29.3 Å². The minimum absolute atomic E-state index is 0.0328. The fourth-order valence-corrected chi connectivity index (χ4v) is 4.10. The summed E-state index contributed by atoms with van der Waals surface area (Å²) in [5.74, 6) is -5.50. The van der Waals surface area contributed by atoms with Crippen molar-refractivity contribution >= 4 is 40.6 Å². The highest BCUT2D eigenvalue weighted by Gasteiger charge is 2.31. The second kappa shape index (κ2) is 13.9. The van der Waals surface area contributed by atoms with Gasteiger partial charge in [-0.25, -0.2) is 4.79 Å². The van der Waals surface area contributed by atoms with Crippen LogP contribution in [0.2, 0.25) is 0 Å². The molecular formula is C27H31N5O9. The van der Waals surface area contributed by atoms with E-state index in [1.165, 1.54) is 24.3 Å². The van der Waals surface area contributed by atoms with Gasteiger partial charge in [-0.3, -0.25) is 19.2 Å². The molecular weight excluding hydrogens is 538 g/mol. The number of carboxylic acid groups (broad SMARTS) is 2. The zero-order valence-corrected chi connectivity index (χ0v) is 21.7. The predicted molar refractivity (Wildman–Crippen MR) is 145 cm³/mol. The number of carboxylic acids is 2. The van der Waals surface area contributed by atoms with E-state index in [-0.39, 0.29) is 18.6 Å². The lowest BCUT2D eigenvalue weighted by molar-refractivity contribution is -0.143. The fourth-order valence-electron chi connectivity index (χ4n) is 4.10. The molecule has 4 atom stereocenters. The third kappa shape index (κ3) is 8.52. The van der Waals surface area contributed by atoms with Crippen molar-refractivity contribution in [2.24, 2.45) is 5.73 Å². The number of carbonyl (C=O) groups is 5. The minimum atomic E-state index is -1.63. The number of para-hydroxylation sites is 1. The number of rotatable bonds is 14. The lowest BCUT2D eigenvalue weighted by Gasteiger charge is -2.25. The van der Waals surface area contributed by atoms with Crippen LogP contribution in [0.3, 0.4) is 0 Å². The number of aliphatic hydroxyl groups is 1. The van der Waals surface area contributed by atoms with E-state index in [2.05, 4.69) is 20.9 Å². The van der Waals surface area contributed by atoms with Gasteiger partial charge in [0.15, 0.2) is 0 Å². The maximum absolute atomic E-state index is 13.5. The number of H-pyrrole nitrogens is 1. The number of hydrogen-bond acceptors (Lipinski definition) is 8. The molecule has 0 aliphatic rings. The predicted octanol–water partition coefficient (Wildman–Crippen LogP) is -1.01. The largest absolute Gasteiger partial charge is 0.508 e. The van der Waals surface area contributed by atoms with Crippen molar-refractivity contribution in [3.63, 3.8) is 0 Å². The minimum Gasteiger partial charge on any atom is -0.508 e. The number of aliphatic carboxylic acids is 2. The highest BCUT2D eigenvalue weighted by Crippen LogP contribution is 2.19. The van der Waals surface area contributed by atoms with Crippen LogP contribution in [-0.4, -0.2) is 85.8 Å². The highest BCUT2D eigenvalue weighted by atomic mass is 16.4. The van der Waals surface area contributed by atoms with Crippen LogP contribution in [0.25, 0.3) is 10.9 Å². The second-order valence-corrected chi connectivity index (χ2v) is 9.34. The first-order valence-electron chi connectivity index (χ1n) is 12.5. The van der Waals surface area contributed by atoms with E-state index in [1.54, 1.807) is 24.4 Å². The summed E-state index contributed by atoms with van der Waals surface area (Å²) in [6.45, 7) is -0.893. The Labute approximate surface area is 233 Å². The molecule has 3 rings (SSSR count). The second-order valence-electron chi connectivity index (χ2n) is 9.34. The zero-order chi connectivity index (χ0) is 30.1. The van der Waals surface area contributed by atoms with Gasteiger partial charge < -0.3 is 47.1 Å². The summed E-state index contributed by atoms with van der Waals surface area (Å²) < 4.78 is 0. The Bertz CT molecular complexity index is 1410. The Morgan fingerprint density at radius 2 is 1.39 bits per heavy atom. The number of fused-ring (bicyclic) bond motifs is 1. The summed E-state index contributed by atoms with van der Waals surface area (Å²) >= 11 is 0. The number of aromatic amines is 1. The number of phenols is 1. The van der Waals surface area contributed by atoms with Crippen LogP contribution in [0, 0.1) is 0 Å². The average Bonchev–Trinajstić information content (AvgIpc) is 3.34. The van der Waals surface area contributed by atoms with Gasteiger partial charge in [0.25, 0.3) is 0 Å². The Morgan fingerprint density at radius 1 is 0.805 bits per heavy atom. The molecule has 0 aliphatic heterocycles.